The molecule has 9 aromatic carbocycles. The molecule has 0 saturated carbocycles. The quantitative estimate of drug-likeness (QED) is 0.162. The first-order valence-corrected chi connectivity index (χ1v) is 18.9. The first kappa shape index (κ1) is 30.9. The second kappa shape index (κ2) is 11.4. The lowest BCUT2D eigenvalue weighted by Crippen LogP contribution is -2.14. The van der Waals surface area contributed by atoms with Crippen LogP contribution in [0.25, 0.3) is 99.3 Å². The van der Waals surface area contributed by atoms with E-state index in [1.165, 1.54) is 104 Å². The minimum atomic E-state index is -0.0252. The van der Waals surface area contributed by atoms with Gasteiger partial charge in [-0.15, -0.1) is 0 Å². The SMILES string of the molecule is C=Cc1ccc2c(c1)c1cc(-c3cccc(-c4ccc5c6ccccc6c6ccccc6c5c4)c3)ccc1n2-c1ccc2c(c1)-c1ccccc1C2(C)C. The molecule has 254 valence electrons. The van der Waals surface area contributed by atoms with E-state index < -0.39 is 0 Å². The first-order valence-electron chi connectivity index (χ1n) is 18.9. The second-order valence-corrected chi connectivity index (χ2v) is 15.4. The lowest BCUT2D eigenvalue weighted by atomic mass is 9.82. The average molecular weight is 688 g/mol. The Morgan fingerprint density at radius 2 is 0.944 bits per heavy atom. The van der Waals surface area contributed by atoms with E-state index in [9.17, 15) is 0 Å². The number of rotatable bonds is 4. The van der Waals surface area contributed by atoms with Gasteiger partial charge in [-0.05, 0) is 131 Å². The minimum Gasteiger partial charge on any atom is -0.309 e. The molecule has 11 rings (SSSR count). The number of fused-ring (bicyclic) bond motifs is 12. The molecule has 1 aliphatic carbocycles. The molecule has 0 spiro atoms. The van der Waals surface area contributed by atoms with E-state index in [0.29, 0.717) is 0 Å². The third kappa shape index (κ3) is 4.39. The van der Waals surface area contributed by atoms with Gasteiger partial charge in [-0.3, -0.25) is 0 Å². The zero-order valence-electron chi connectivity index (χ0n) is 30.4. The molecule has 1 aliphatic rings. The highest BCUT2D eigenvalue weighted by atomic mass is 15.0. The summed E-state index contributed by atoms with van der Waals surface area (Å²) >= 11 is 0. The van der Waals surface area contributed by atoms with Crippen molar-refractivity contribution in [2.75, 3.05) is 0 Å². The van der Waals surface area contributed by atoms with E-state index >= 15 is 0 Å². The van der Waals surface area contributed by atoms with Gasteiger partial charge in [-0.2, -0.15) is 0 Å². The molecule has 0 unspecified atom stereocenters. The Morgan fingerprint density at radius 3 is 1.65 bits per heavy atom. The van der Waals surface area contributed by atoms with Crippen LogP contribution in [0.5, 0.6) is 0 Å². The zero-order chi connectivity index (χ0) is 36.1. The highest BCUT2D eigenvalue weighted by Crippen LogP contribution is 2.49. The van der Waals surface area contributed by atoms with E-state index in [1.807, 2.05) is 6.08 Å². The van der Waals surface area contributed by atoms with Crippen molar-refractivity contribution in [3.05, 3.63) is 193 Å². The van der Waals surface area contributed by atoms with Crippen molar-refractivity contribution in [2.45, 2.75) is 19.3 Å². The summed E-state index contributed by atoms with van der Waals surface area (Å²) in [5, 5.41) is 10.2. The van der Waals surface area contributed by atoms with Crippen molar-refractivity contribution in [2.24, 2.45) is 0 Å². The molecule has 0 N–H and O–H groups in total. The summed E-state index contributed by atoms with van der Waals surface area (Å²) in [7, 11) is 0. The Balaban J connectivity index is 1.06. The maximum Gasteiger partial charge on any atom is 0.0541 e. The maximum absolute atomic E-state index is 4.10. The third-order valence-electron chi connectivity index (χ3n) is 12.1. The van der Waals surface area contributed by atoms with Gasteiger partial charge in [-0.1, -0.05) is 148 Å². The van der Waals surface area contributed by atoms with Gasteiger partial charge in [0.05, 0.1) is 11.0 Å². The van der Waals surface area contributed by atoms with E-state index in [0.717, 1.165) is 5.56 Å². The van der Waals surface area contributed by atoms with Crippen LogP contribution in [-0.2, 0) is 5.41 Å². The molecule has 0 fully saturated rings. The Hall–Kier alpha value is -6.70. The first-order chi connectivity index (χ1) is 26.5. The fourth-order valence-corrected chi connectivity index (χ4v) is 9.44. The van der Waals surface area contributed by atoms with Gasteiger partial charge in [0.2, 0.25) is 0 Å². The molecule has 0 amide bonds. The van der Waals surface area contributed by atoms with E-state index in [2.05, 4.69) is 195 Å². The summed E-state index contributed by atoms with van der Waals surface area (Å²) < 4.78 is 2.44. The molecule has 1 aromatic heterocycles. The van der Waals surface area contributed by atoms with Crippen LogP contribution in [0.2, 0.25) is 0 Å². The van der Waals surface area contributed by atoms with Gasteiger partial charge in [0, 0.05) is 21.9 Å². The zero-order valence-corrected chi connectivity index (χ0v) is 30.4. The Labute approximate surface area is 315 Å². The average Bonchev–Trinajstić information content (AvgIpc) is 3.67. The van der Waals surface area contributed by atoms with Gasteiger partial charge in [0.15, 0.2) is 0 Å². The highest BCUT2D eigenvalue weighted by molar-refractivity contribution is 6.25. The summed E-state index contributed by atoms with van der Waals surface area (Å²) in [6.45, 7) is 8.79. The van der Waals surface area contributed by atoms with Crippen LogP contribution in [0, 0.1) is 0 Å². The van der Waals surface area contributed by atoms with Crippen LogP contribution in [0.15, 0.2) is 176 Å². The molecular weight excluding hydrogens is 651 g/mol. The Morgan fingerprint density at radius 1 is 0.407 bits per heavy atom. The fourth-order valence-electron chi connectivity index (χ4n) is 9.44. The van der Waals surface area contributed by atoms with Crippen LogP contribution in [0.4, 0.5) is 0 Å². The molecule has 0 atom stereocenters. The number of benzene rings is 9. The van der Waals surface area contributed by atoms with Gasteiger partial charge in [-0.25, -0.2) is 0 Å². The summed E-state index contributed by atoms with van der Waals surface area (Å²) in [6, 6.07) is 63.2. The molecule has 0 radical (unpaired) electrons. The number of aromatic nitrogens is 1. The minimum absolute atomic E-state index is 0.0252. The van der Waals surface area contributed by atoms with Crippen molar-refractivity contribution < 1.29 is 0 Å². The number of hydrogen-bond acceptors (Lipinski definition) is 0. The van der Waals surface area contributed by atoms with Crippen LogP contribution in [-0.4, -0.2) is 4.57 Å². The summed E-state index contributed by atoms with van der Waals surface area (Å²) in [6.07, 6.45) is 1.94. The van der Waals surface area contributed by atoms with Crippen molar-refractivity contribution in [3.63, 3.8) is 0 Å². The molecule has 1 heterocycles. The van der Waals surface area contributed by atoms with Crippen molar-refractivity contribution >= 4 is 60.2 Å². The largest absolute Gasteiger partial charge is 0.309 e. The van der Waals surface area contributed by atoms with Crippen LogP contribution >= 0.6 is 0 Å². The van der Waals surface area contributed by atoms with E-state index in [4.69, 9.17) is 0 Å². The molecule has 10 aromatic rings. The fraction of sp³-hybridized carbons (Fsp3) is 0.0566. The predicted octanol–water partition coefficient (Wildman–Crippen LogP) is 14.5. The maximum atomic E-state index is 4.10. The molecule has 54 heavy (non-hydrogen) atoms. The number of hydrogen-bond donors (Lipinski definition) is 0. The van der Waals surface area contributed by atoms with Gasteiger partial charge >= 0.3 is 0 Å². The topological polar surface area (TPSA) is 4.93 Å². The van der Waals surface area contributed by atoms with Crippen molar-refractivity contribution in [3.8, 4) is 39.1 Å². The van der Waals surface area contributed by atoms with Crippen LogP contribution < -0.4 is 0 Å². The van der Waals surface area contributed by atoms with Crippen LogP contribution in [0.1, 0.15) is 30.5 Å². The van der Waals surface area contributed by atoms with E-state index in [-0.39, 0.29) is 5.41 Å². The molecule has 1 heteroatoms. The van der Waals surface area contributed by atoms with Crippen molar-refractivity contribution in [1.82, 2.24) is 4.57 Å². The Bertz CT molecular complexity index is 3170. The van der Waals surface area contributed by atoms with Gasteiger partial charge in [0.25, 0.3) is 0 Å². The molecule has 0 aliphatic heterocycles. The standard InChI is InChI=1S/C53H37N/c1-4-33-20-26-51-47(28-33)48-31-37(22-27-52(48)54(51)38-23-25-50-46(32-38)44-18-9-10-19-49(44)53(50,2)3)35-13-11-12-34(29-35)36-21-24-43-41-16-6-5-14-39(41)40-15-7-8-17-42(40)45(43)30-36/h4-32H,1H2,2-3H3. The monoisotopic (exact) mass is 687 g/mol. The summed E-state index contributed by atoms with van der Waals surface area (Å²) in [4.78, 5) is 0. The summed E-state index contributed by atoms with van der Waals surface area (Å²) in [5.74, 6) is 0. The summed E-state index contributed by atoms with van der Waals surface area (Å²) in [5.41, 5.74) is 15.0. The highest BCUT2D eigenvalue weighted by Gasteiger charge is 2.35. The van der Waals surface area contributed by atoms with Gasteiger partial charge < -0.3 is 4.57 Å². The molecule has 0 bridgehead atoms. The third-order valence-corrected chi connectivity index (χ3v) is 12.1. The van der Waals surface area contributed by atoms with E-state index in [1.54, 1.807) is 0 Å². The van der Waals surface area contributed by atoms with Crippen LogP contribution in [0.3, 0.4) is 0 Å². The lowest BCUT2D eigenvalue weighted by Gasteiger charge is -2.21. The normalized spacial score (nSPS) is 13.2. The Kier molecular flexibility index (Phi) is 6.52. The van der Waals surface area contributed by atoms with Crippen molar-refractivity contribution in [1.29, 1.82) is 0 Å². The number of nitrogens with zero attached hydrogens (tertiary/aromatic N) is 1. The smallest absolute Gasteiger partial charge is 0.0541 e. The predicted molar refractivity (Wildman–Crippen MR) is 232 cm³/mol. The van der Waals surface area contributed by atoms with Gasteiger partial charge in [0.1, 0.15) is 0 Å². The molecule has 0 saturated heterocycles. The molecule has 1 nitrogen and oxygen atoms in total. The molecular formula is C53H37N. The second-order valence-electron chi connectivity index (χ2n) is 15.4. The lowest BCUT2D eigenvalue weighted by molar-refractivity contribution is 0.660.